The van der Waals surface area contributed by atoms with Crippen LogP contribution in [0.1, 0.15) is 12.8 Å². The summed E-state index contributed by atoms with van der Waals surface area (Å²) < 4.78 is 10.6. The normalized spacial score (nSPS) is 20.6. The second-order valence-corrected chi connectivity index (χ2v) is 5.53. The van der Waals surface area contributed by atoms with Gasteiger partial charge < -0.3 is 20.1 Å². The molecule has 6 heteroatoms. The summed E-state index contributed by atoms with van der Waals surface area (Å²) in [5, 5.41) is 6.27. The monoisotopic (exact) mass is 291 g/mol. The van der Waals surface area contributed by atoms with E-state index >= 15 is 0 Å². The molecule has 21 heavy (non-hydrogen) atoms. The van der Waals surface area contributed by atoms with E-state index in [1.54, 1.807) is 6.07 Å². The lowest BCUT2D eigenvalue weighted by molar-refractivity contribution is -0.117. The van der Waals surface area contributed by atoms with Gasteiger partial charge in [0.15, 0.2) is 11.5 Å². The average molecular weight is 291 g/mol. The number of ether oxygens (including phenoxy) is 2. The predicted molar refractivity (Wildman–Crippen MR) is 79.7 cm³/mol. The molecule has 1 amide bonds. The quantitative estimate of drug-likeness (QED) is 0.868. The highest BCUT2D eigenvalue weighted by atomic mass is 16.7. The van der Waals surface area contributed by atoms with Crippen molar-refractivity contribution in [2.24, 2.45) is 0 Å². The SMILES string of the molecule is CN(CC(=O)Nc1ccc2c(c1)OCO2)C1CCCNC1. The van der Waals surface area contributed by atoms with Crippen molar-refractivity contribution in [3.05, 3.63) is 18.2 Å². The van der Waals surface area contributed by atoms with Crippen LogP contribution in [0, 0.1) is 0 Å². The number of carbonyl (C=O) groups excluding carboxylic acids is 1. The number of likely N-dealkylation sites (N-methyl/N-ethyl adjacent to an activating group) is 1. The predicted octanol–water partition coefficient (Wildman–Crippen LogP) is 1.04. The molecule has 0 radical (unpaired) electrons. The van der Waals surface area contributed by atoms with Crippen LogP contribution >= 0.6 is 0 Å². The second-order valence-electron chi connectivity index (χ2n) is 5.53. The molecule has 0 spiro atoms. The highest BCUT2D eigenvalue weighted by Gasteiger charge is 2.20. The van der Waals surface area contributed by atoms with Gasteiger partial charge in [-0.05, 0) is 38.6 Å². The first-order chi connectivity index (χ1) is 10.2. The lowest BCUT2D eigenvalue weighted by atomic mass is 10.1. The van der Waals surface area contributed by atoms with Crippen molar-refractivity contribution in [1.29, 1.82) is 0 Å². The zero-order chi connectivity index (χ0) is 14.7. The van der Waals surface area contributed by atoms with Gasteiger partial charge in [-0.3, -0.25) is 9.69 Å². The van der Waals surface area contributed by atoms with Crippen LogP contribution in [-0.2, 0) is 4.79 Å². The first-order valence-electron chi connectivity index (χ1n) is 7.33. The number of hydrogen-bond donors (Lipinski definition) is 2. The van der Waals surface area contributed by atoms with E-state index in [1.807, 2.05) is 19.2 Å². The molecule has 0 aromatic heterocycles. The van der Waals surface area contributed by atoms with E-state index in [-0.39, 0.29) is 12.7 Å². The highest BCUT2D eigenvalue weighted by molar-refractivity contribution is 5.92. The number of anilines is 1. The molecule has 2 heterocycles. The largest absolute Gasteiger partial charge is 0.454 e. The minimum absolute atomic E-state index is 0.0121. The number of nitrogens with one attached hydrogen (secondary N) is 2. The molecule has 2 N–H and O–H groups in total. The van der Waals surface area contributed by atoms with Crippen LogP contribution in [0.15, 0.2) is 18.2 Å². The Balaban J connectivity index is 1.53. The number of carbonyl (C=O) groups is 1. The Morgan fingerprint density at radius 3 is 3.10 bits per heavy atom. The zero-order valence-corrected chi connectivity index (χ0v) is 12.2. The fraction of sp³-hybridized carbons (Fsp3) is 0.533. The second kappa shape index (κ2) is 6.32. The number of amides is 1. The standard InChI is InChI=1S/C15H21N3O3/c1-18(12-3-2-6-16-8-12)9-15(19)17-11-4-5-13-14(7-11)21-10-20-13/h4-5,7,12,16H,2-3,6,8-10H2,1H3,(H,17,19). The van der Waals surface area contributed by atoms with E-state index in [0.29, 0.717) is 18.3 Å². The molecule has 0 bridgehead atoms. The molecule has 1 saturated heterocycles. The number of rotatable bonds is 4. The van der Waals surface area contributed by atoms with Crippen LogP contribution in [0.3, 0.4) is 0 Å². The van der Waals surface area contributed by atoms with E-state index in [2.05, 4.69) is 15.5 Å². The number of fused-ring (bicyclic) bond motifs is 1. The van der Waals surface area contributed by atoms with Crippen molar-refractivity contribution in [3.8, 4) is 11.5 Å². The summed E-state index contributed by atoms with van der Waals surface area (Å²) in [6.07, 6.45) is 2.31. The maximum atomic E-state index is 12.1. The highest BCUT2D eigenvalue weighted by Crippen LogP contribution is 2.34. The molecule has 0 aliphatic carbocycles. The van der Waals surface area contributed by atoms with Crippen LogP contribution in [-0.4, -0.2) is 50.3 Å². The van der Waals surface area contributed by atoms with Crippen LogP contribution < -0.4 is 20.1 Å². The van der Waals surface area contributed by atoms with Crippen molar-refractivity contribution in [2.75, 3.05) is 38.8 Å². The molecule has 1 fully saturated rings. The summed E-state index contributed by atoms with van der Waals surface area (Å²) in [6, 6.07) is 5.86. The van der Waals surface area contributed by atoms with Gasteiger partial charge in [-0.1, -0.05) is 0 Å². The molecule has 0 saturated carbocycles. The van der Waals surface area contributed by atoms with E-state index < -0.39 is 0 Å². The summed E-state index contributed by atoms with van der Waals surface area (Å²) in [6.45, 7) is 2.66. The van der Waals surface area contributed by atoms with E-state index in [1.165, 1.54) is 6.42 Å². The van der Waals surface area contributed by atoms with Gasteiger partial charge in [0, 0.05) is 24.3 Å². The number of piperidine rings is 1. The third-order valence-corrected chi connectivity index (χ3v) is 3.94. The third-order valence-electron chi connectivity index (χ3n) is 3.94. The number of benzene rings is 1. The molecule has 1 aromatic carbocycles. The molecular weight excluding hydrogens is 270 g/mol. The maximum absolute atomic E-state index is 12.1. The Morgan fingerprint density at radius 1 is 1.43 bits per heavy atom. The molecule has 114 valence electrons. The van der Waals surface area contributed by atoms with Gasteiger partial charge in [0.1, 0.15) is 0 Å². The molecule has 2 aliphatic heterocycles. The number of hydrogen-bond acceptors (Lipinski definition) is 5. The third kappa shape index (κ3) is 3.46. The van der Waals surface area contributed by atoms with Crippen molar-refractivity contribution < 1.29 is 14.3 Å². The van der Waals surface area contributed by atoms with Crippen molar-refractivity contribution >= 4 is 11.6 Å². The van der Waals surface area contributed by atoms with Gasteiger partial charge in [0.25, 0.3) is 0 Å². The van der Waals surface area contributed by atoms with Gasteiger partial charge in [-0.25, -0.2) is 0 Å². The molecule has 1 aromatic rings. The molecule has 6 nitrogen and oxygen atoms in total. The summed E-state index contributed by atoms with van der Waals surface area (Å²) in [7, 11) is 2.00. The summed E-state index contributed by atoms with van der Waals surface area (Å²) in [4.78, 5) is 14.2. The van der Waals surface area contributed by atoms with Crippen molar-refractivity contribution in [2.45, 2.75) is 18.9 Å². The summed E-state index contributed by atoms with van der Waals surface area (Å²) >= 11 is 0. The molecule has 2 aliphatic rings. The van der Waals surface area contributed by atoms with Gasteiger partial charge >= 0.3 is 0 Å². The Labute approximate surface area is 124 Å². The molecule has 1 unspecified atom stereocenters. The zero-order valence-electron chi connectivity index (χ0n) is 12.2. The van der Waals surface area contributed by atoms with E-state index in [0.717, 1.165) is 30.9 Å². The summed E-state index contributed by atoms with van der Waals surface area (Å²) in [5.74, 6) is 1.39. The average Bonchev–Trinajstić information content (AvgIpc) is 2.95. The van der Waals surface area contributed by atoms with Crippen LogP contribution in [0.2, 0.25) is 0 Å². The first-order valence-corrected chi connectivity index (χ1v) is 7.33. The number of nitrogens with zero attached hydrogens (tertiary/aromatic N) is 1. The van der Waals surface area contributed by atoms with Gasteiger partial charge in [0.05, 0.1) is 6.54 Å². The topological polar surface area (TPSA) is 62.8 Å². The Hall–Kier alpha value is -1.79. The van der Waals surface area contributed by atoms with E-state index in [9.17, 15) is 4.79 Å². The smallest absolute Gasteiger partial charge is 0.238 e. The first kappa shape index (κ1) is 14.2. The Bertz CT molecular complexity index is 515. The molecule has 1 atom stereocenters. The van der Waals surface area contributed by atoms with Gasteiger partial charge in [0.2, 0.25) is 12.7 Å². The lowest BCUT2D eigenvalue weighted by Crippen LogP contribution is -2.46. The minimum Gasteiger partial charge on any atom is -0.454 e. The van der Waals surface area contributed by atoms with Gasteiger partial charge in [-0.2, -0.15) is 0 Å². The Kier molecular flexibility index (Phi) is 4.26. The van der Waals surface area contributed by atoms with E-state index in [4.69, 9.17) is 9.47 Å². The van der Waals surface area contributed by atoms with Crippen LogP contribution in [0.25, 0.3) is 0 Å². The van der Waals surface area contributed by atoms with Gasteiger partial charge in [-0.15, -0.1) is 0 Å². The summed E-state index contributed by atoms with van der Waals surface area (Å²) in [5.41, 5.74) is 0.736. The van der Waals surface area contributed by atoms with Crippen LogP contribution in [0.4, 0.5) is 5.69 Å². The maximum Gasteiger partial charge on any atom is 0.238 e. The van der Waals surface area contributed by atoms with Crippen LogP contribution in [0.5, 0.6) is 11.5 Å². The minimum atomic E-state index is -0.0121. The lowest BCUT2D eigenvalue weighted by Gasteiger charge is -2.31. The fourth-order valence-corrected chi connectivity index (χ4v) is 2.74. The molecule has 3 rings (SSSR count). The van der Waals surface area contributed by atoms with Crippen molar-refractivity contribution in [1.82, 2.24) is 10.2 Å². The fourth-order valence-electron chi connectivity index (χ4n) is 2.74. The van der Waals surface area contributed by atoms with Crippen molar-refractivity contribution in [3.63, 3.8) is 0 Å². The molecular formula is C15H21N3O3. The Morgan fingerprint density at radius 2 is 2.29 bits per heavy atom.